The summed E-state index contributed by atoms with van der Waals surface area (Å²) in [6, 6.07) is 3.15. The van der Waals surface area contributed by atoms with Crippen LogP contribution in [0.5, 0.6) is 5.75 Å². The van der Waals surface area contributed by atoms with Gasteiger partial charge in [0.05, 0.1) is 12.5 Å². The zero-order chi connectivity index (χ0) is 11.1. The largest absolute Gasteiger partial charge is 0.493 e. The highest BCUT2D eigenvalue weighted by atomic mass is 19.4. The average molecular weight is 220 g/mol. The van der Waals surface area contributed by atoms with Crippen LogP contribution in [0, 0.1) is 5.82 Å². The smallest absolute Gasteiger partial charge is 0.396 e. The van der Waals surface area contributed by atoms with E-state index >= 15 is 0 Å². The summed E-state index contributed by atoms with van der Waals surface area (Å²) in [5, 5.41) is 0. The van der Waals surface area contributed by atoms with Crippen LogP contribution in [-0.4, -0.2) is 12.8 Å². The van der Waals surface area contributed by atoms with Crippen molar-refractivity contribution in [3.8, 4) is 5.75 Å². The van der Waals surface area contributed by atoms with E-state index < -0.39 is 17.9 Å². The molecule has 0 bridgehead atoms. The molecule has 0 fully saturated rings. The van der Waals surface area contributed by atoms with E-state index in [0.717, 1.165) is 18.2 Å². The van der Waals surface area contributed by atoms with Gasteiger partial charge in [0.2, 0.25) is 0 Å². The number of hydrogen-bond acceptors (Lipinski definition) is 1. The second kappa shape index (κ2) is 3.40. The Labute approximate surface area is 83.7 Å². The summed E-state index contributed by atoms with van der Waals surface area (Å²) >= 11 is 0. The first-order valence-corrected chi connectivity index (χ1v) is 4.47. The molecular weight excluding hydrogens is 212 g/mol. The van der Waals surface area contributed by atoms with Gasteiger partial charge in [0.25, 0.3) is 0 Å². The Bertz CT molecular complexity index is 372. The second-order valence-electron chi connectivity index (χ2n) is 3.41. The summed E-state index contributed by atoms with van der Waals surface area (Å²) in [5.74, 6) is -2.12. The number of fused-ring (bicyclic) bond motifs is 1. The fourth-order valence-corrected chi connectivity index (χ4v) is 1.70. The van der Waals surface area contributed by atoms with E-state index in [2.05, 4.69) is 0 Å². The first-order chi connectivity index (χ1) is 6.98. The minimum absolute atomic E-state index is 0.00331. The first kappa shape index (κ1) is 10.3. The molecule has 1 unspecified atom stereocenters. The molecule has 2 rings (SSSR count). The lowest BCUT2D eigenvalue weighted by Gasteiger charge is -2.27. The Morgan fingerprint density at radius 2 is 2.00 bits per heavy atom. The standard InChI is InChI=1S/C10H8F4O/c11-6-1-2-7-8(10(12,13)14)3-4-15-9(7)5-6/h1-2,5,8H,3-4H2. The van der Waals surface area contributed by atoms with Crippen molar-refractivity contribution in [1.82, 2.24) is 0 Å². The van der Waals surface area contributed by atoms with E-state index in [1.807, 2.05) is 0 Å². The normalized spacial score (nSPS) is 20.7. The highest BCUT2D eigenvalue weighted by Crippen LogP contribution is 2.43. The van der Waals surface area contributed by atoms with E-state index in [0.29, 0.717) is 0 Å². The van der Waals surface area contributed by atoms with Gasteiger partial charge >= 0.3 is 6.18 Å². The molecule has 1 nitrogen and oxygen atoms in total. The Kier molecular flexibility index (Phi) is 2.32. The number of alkyl halides is 3. The first-order valence-electron chi connectivity index (χ1n) is 4.47. The molecule has 82 valence electrons. The molecule has 0 saturated carbocycles. The van der Waals surface area contributed by atoms with E-state index in [9.17, 15) is 17.6 Å². The SMILES string of the molecule is Fc1ccc2c(c1)OCCC2C(F)(F)F. The predicted molar refractivity (Wildman–Crippen MR) is 45.3 cm³/mol. The topological polar surface area (TPSA) is 9.23 Å². The molecule has 1 heterocycles. The number of hydrogen-bond donors (Lipinski definition) is 0. The number of benzene rings is 1. The second-order valence-corrected chi connectivity index (χ2v) is 3.41. The summed E-state index contributed by atoms with van der Waals surface area (Å²) in [4.78, 5) is 0. The van der Waals surface area contributed by atoms with Gasteiger partial charge in [-0.05, 0) is 12.5 Å². The third kappa shape index (κ3) is 1.91. The molecule has 0 N–H and O–H groups in total. The number of ether oxygens (including phenoxy) is 1. The molecule has 0 aromatic heterocycles. The van der Waals surface area contributed by atoms with E-state index in [1.54, 1.807) is 0 Å². The molecular formula is C10H8F4O. The number of rotatable bonds is 0. The highest BCUT2D eigenvalue weighted by Gasteiger charge is 2.43. The van der Waals surface area contributed by atoms with Crippen molar-refractivity contribution in [3.63, 3.8) is 0 Å². The van der Waals surface area contributed by atoms with Gasteiger partial charge in [-0.1, -0.05) is 6.07 Å². The fourth-order valence-electron chi connectivity index (χ4n) is 1.70. The Hall–Kier alpha value is -1.26. The van der Waals surface area contributed by atoms with Gasteiger partial charge in [0, 0.05) is 11.6 Å². The van der Waals surface area contributed by atoms with Crippen LogP contribution >= 0.6 is 0 Å². The molecule has 15 heavy (non-hydrogen) atoms. The van der Waals surface area contributed by atoms with Gasteiger partial charge in [-0.3, -0.25) is 0 Å². The molecule has 1 aliphatic heterocycles. The minimum Gasteiger partial charge on any atom is -0.493 e. The maximum atomic E-state index is 12.8. The van der Waals surface area contributed by atoms with E-state index in [4.69, 9.17) is 4.74 Å². The van der Waals surface area contributed by atoms with Crippen LogP contribution in [0.1, 0.15) is 17.9 Å². The molecule has 1 aromatic carbocycles. The molecule has 1 aliphatic rings. The van der Waals surface area contributed by atoms with Gasteiger partial charge in [-0.2, -0.15) is 13.2 Å². The van der Waals surface area contributed by atoms with Crippen LogP contribution in [0.2, 0.25) is 0 Å². The van der Waals surface area contributed by atoms with Crippen molar-refractivity contribution < 1.29 is 22.3 Å². The zero-order valence-electron chi connectivity index (χ0n) is 7.64. The van der Waals surface area contributed by atoms with Gasteiger partial charge in [0.15, 0.2) is 0 Å². The third-order valence-electron chi connectivity index (χ3n) is 2.41. The van der Waals surface area contributed by atoms with Crippen LogP contribution in [0.4, 0.5) is 17.6 Å². The van der Waals surface area contributed by atoms with Crippen LogP contribution in [-0.2, 0) is 0 Å². The zero-order valence-corrected chi connectivity index (χ0v) is 7.64. The molecule has 0 spiro atoms. The Morgan fingerprint density at radius 3 is 2.67 bits per heavy atom. The van der Waals surface area contributed by atoms with Gasteiger partial charge in [0.1, 0.15) is 11.6 Å². The quantitative estimate of drug-likeness (QED) is 0.610. The Balaban J connectivity index is 2.43. The van der Waals surface area contributed by atoms with Gasteiger partial charge in [-0.15, -0.1) is 0 Å². The number of halogens is 4. The summed E-state index contributed by atoms with van der Waals surface area (Å²) in [6.45, 7) is -0.0272. The third-order valence-corrected chi connectivity index (χ3v) is 2.41. The van der Waals surface area contributed by atoms with Crippen LogP contribution < -0.4 is 4.74 Å². The lowest BCUT2D eigenvalue weighted by Crippen LogP contribution is -2.26. The predicted octanol–water partition coefficient (Wildman–Crippen LogP) is 3.25. The lowest BCUT2D eigenvalue weighted by molar-refractivity contribution is -0.155. The van der Waals surface area contributed by atoms with Crippen molar-refractivity contribution in [2.75, 3.05) is 6.61 Å². The van der Waals surface area contributed by atoms with Crippen LogP contribution in [0.25, 0.3) is 0 Å². The molecule has 0 saturated heterocycles. The summed E-state index contributed by atoms with van der Waals surface area (Å²) in [6.07, 6.45) is -4.40. The van der Waals surface area contributed by atoms with Crippen molar-refractivity contribution in [3.05, 3.63) is 29.6 Å². The molecule has 1 atom stereocenters. The summed E-state index contributed by atoms with van der Waals surface area (Å²) in [5.41, 5.74) is 0.0233. The lowest BCUT2D eigenvalue weighted by atomic mass is 9.92. The highest BCUT2D eigenvalue weighted by molar-refractivity contribution is 5.39. The molecule has 5 heteroatoms. The minimum atomic E-state index is -4.30. The van der Waals surface area contributed by atoms with Crippen molar-refractivity contribution in [2.45, 2.75) is 18.5 Å². The van der Waals surface area contributed by atoms with Gasteiger partial charge < -0.3 is 4.74 Å². The van der Waals surface area contributed by atoms with Gasteiger partial charge in [-0.25, -0.2) is 4.39 Å². The van der Waals surface area contributed by atoms with Crippen molar-refractivity contribution in [1.29, 1.82) is 0 Å². The van der Waals surface area contributed by atoms with E-state index in [1.165, 1.54) is 0 Å². The summed E-state index contributed by atoms with van der Waals surface area (Å²) in [7, 11) is 0. The summed E-state index contributed by atoms with van der Waals surface area (Å²) < 4.78 is 55.5. The van der Waals surface area contributed by atoms with Crippen LogP contribution in [0.3, 0.4) is 0 Å². The Morgan fingerprint density at radius 1 is 1.27 bits per heavy atom. The van der Waals surface area contributed by atoms with Crippen molar-refractivity contribution in [2.24, 2.45) is 0 Å². The molecule has 1 aromatic rings. The van der Waals surface area contributed by atoms with Crippen molar-refractivity contribution >= 4 is 0 Å². The van der Waals surface area contributed by atoms with E-state index in [-0.39, 0.29) is 24.3 Å². The molecule has 0 amide bonds. The fraction of sp³-hybridized carbons (Fsp3) is 0.400. The molecule has 0 radical (unpaired) electrons. The monoisotopic (exact) mass is 220 g/mol. The maximum absolute atomic E-state index is 12.8. The molecule has 0 aliphatic carbocycles. The maximum Gasteiger partial charge on any atom is 0.396 e. The average Bonchev–Trinajstić information content (AvgIpc) is 2.15. The van der Waals surface area contributed by atoms with Crippen LogP contribution in [0.15, 0.2) is 18.2 Å².